The van der Waals surface area contributed by atoms with E-state index in [1.54, 1.807) is 0 Å². The Bertz CT molecular complexity index is 1080. The number of hydrogen-bond donors (Lipinski definition) is 1. The topological polar surface area (TPSA) is 58.1 Å². The van der Waals surface area contributed by atoms with Crippen LogP contribution in [0.25, 0.3) is 11.3 Å². The minimum absolute atomic E-state index is 0.209. The Balaban J connectivity index is 1.41. The van der Waals surface area contributed by atoms with Crippen LogP contribution in [-0.2, 0) is 11.0 Å². The summed E-state index contributed by atoms with van der Waals surface area (Å²) in [6.45, 7) is 3.27. The number of halogens is 3. The van der Waals surface area contributed by atoms with Crippen LogP contribution in [0.2, 0.25) is 0 Å². The molecule has 2 aromatic carbocycles. The second-order valence-corrected chi connectivity index (χ2v) is 7.94. The zero-order valence-corrected chi connectivity index (χ0v) is 17.6. The largest absolute Gasteiger partial charge is 0.416 e. The van der Waals surface area contributed by atoms with Crippen LogP contribution in [0.5, 0.6) is 0 Å². The number of piperidine rings is 1. The molecule has 0 saturated carbocycles. The molecule has 0 spiro atoms. The fourth-order valence-electron chi connectivity index (χ4n) is 3.88. The van der Waals surface area contributed by atoms with Crippen molar-refractivity contribution in [3.63, 3.8) is 0 Å². The molecule has 1 aliphatic rings. The van der Waals surface area contributed by atoms with Gasteiger partial charge in [0.1, 0.15) is 0 Å². The Labute approximate surface area is 184 Å². The van der Waals surface area contributed by atoms with Crippen LogP contribution in [0.4, 0.5) is 24.7 Å². The maximum atomic E-state index is 12.7. The van der Waals surface area contributed by atoms with Gasteiger partial charge in [0.05, 0.1) is 17.2 Å². The molecule has 8 heteroatoms. The highest BCUT2D eigenvalue weighted by Crippen LogP contribution is 2.30. The number of nitrogens with zero attached hydrogens (tertiary/aromatic N) is 3. The van der Waals surface area contributed by atoms with Gasteiger partial charge in [-0.3, -0.25) is 4.79 Å². The third-order valence-corrected chi connectivity index (χ3v) is 5.67. The van der Waals surface area contributed by atoms with Gasteiger partial charge in [0.15, 0.2) is 5.82 Å². The average molecular weight is 440 g/mol. The molecule has 1 aromatic heterocycles. The van der Waals surface area contributed by atoms with Crippen molar-refractivity contribution in [2.24, 2.45) is 5.92 Å². The number of amides is 1. The minimum atomic E-state index is -4.40. The number of benzene rings is 2. The van der Waals surface area contributed by atoms with Gasteiger partial charge in [-0.2, -0.15) is 13.2 Å². The Morgan fingerprint density at radius 3 is 2.44 bits per heavy atom. The molecule has 166 valence electrons. The Kier molecular flexibility index (Phi) is 6.12. The van der Waals surface area contributed by atoms with Gasteiger partial charge in [-0.1, -0.05) is 24.3 Å². The summed E-state index contributed by atoms with van der Waals surface area (Å²) in [6.07, 6.45) is -2.88. The lowest BCUT2D eigenvalue weighted by Crippen LogP contribution is -2.41. The molecule has 32 heavy (non-hydrogen) atoms. The van der Waals surface area contributed by atoms with Crippen LogP contribution in [0.3, 0.4) is 0 Å². The number of rotatable bonds is 4. The molecule has 0 bridgehead atoms. The predicted octanol–water partition coefficient (Wildman–Crippen LogP) is 5.33. The molecule has 1 unspecified atom stereocenters. The van der Waals surface area contributed by atoms with E-state index in [-0.39, 0.29) is 11.8 Å². The maximum Gasteiger partial charge on any atom is 0.416 e. The molecule has 0 radical (unpaired) electrons. The quantitative estimate of drug-likeness (QED) is 0.596. The van der Waals surface area contributed by atoms with Gasteiger partial charge >= 0.3 is 6.18 Å². The molecule has 0 aliphatic carbocycles. The Morgan fingerprint density at radius 2 is 1.78 bits per heavy atom. The van der Waals surface area contributed by atoms with E-state index < -0.39 is 11.7 Å². The fraction of sp³-hybridized carbons (Fsp3) is 0.292. The van der Waals surface area contributed by atoms with E-state index in [0.29, 0.717) is 24.5 Å². The van der Waals surface area contributed by atoms with Gasteiger partial charge in [0, 0.05) is 24.3 Å². The highest BCUT2D eigenvalue weighted by molar-refractivity contribution is 5.93. The maximum absolute atomic E-state index is 12.7. The number of hydrogen-bond acceptors (Lipinski definition) is 4. The van der Waals surface area contributed by atoms with Crippen LogP contribution < -0.4 is 10.2 Å². The summed E-state index contributed by atoms with van der Waals surface area (Å²) >= 11 is 0. The molecule has 1 aliphatic heterocycles. The summed E-state index contributed by atoms with van der Waals surface area (Å²) in [5.74, 6) is 0.206. The number of carbonyl (C=O) groups is 1. The van der Waals surface area contributed by atoms with Gasteiger partial charge in [-0.25, -0.2) is 0 Å². The number of carbonyl (C=O) groups excluding carboxylic acids is 1. The predicted molar refractivity (Wildman–Crippen MR) is 117 cm³/mol. The van der Waals surface area contributed by atoms with Crippen LogP contribution in [0.1, 0.15) is 24.0 Å². The van der Waals surface area contributed by atoms with Gasteiger partial charge in [0.25, 0.3) is 0 Å². The summed E-state index contributed by atoms with van der Waals surface area (Å²) < 4.78 is 38.1. The summed E-state index contributed by atoms with van der Waals surface area (Å²) in [7, 11) is 0. The first-order valence-electron chi connectivity index (χ1n) is 10.4. The van der Waals surface area contributed by atoms with Crippen LogP contribution in [0.15, 0.2) is 60.7 Å². The highest BCUT2D eigenvalue weighted by atomic mass is 19.4. The summed E-state index contributed by atoms with van der Waals surface area (Å²) in [5.41, 5.74) is 2.54. The summed E-state index contributed by atoms with van der Waals surface area (Å²) in [4.78, 5) is 14.7. The van der Waals surface area contributed by atoms with E-state index in [2.05, 4.69) is 15.5 Å². The molecule has 1 atom stereocenters. The summed E-state index contributed by atoms with van der Waals surface area (Å²) in [6, 6.07) is 16.3. The lowest BCUT2D eigenvalue weighted by molar-refractivity contribution is -0.137. The van der Waals surface area contributed by atoms with Crippen molar-refractivity contribution >= 4 is 17.4 Å². The molecular formula is C24H23F3N4O. The van der Waals surface area contributed by atoms with Crippen molar-refractivity contribution in [2.45, 2.75) is 25.9 Å². The molecule has 1 N–H and O–H groups in total. The second-order valence-electron chi connectivity index (χ2n) is 7.94. The van der Waals surface area contributed by atoms with E-state index in [9.17, 15) is 18.0 Å². The van der Waals surface area contributed by atoms with Gasteiger partial charge in [0.2, 0.25) is 5.91 Å². The standard InChI is InChI=1S/C24H23F3N4O/c1-16-5-2-3-7-20(16)21-12-13-22(30-29-21)31-14-4-6-17(15-31)23(32)28-19-10-8-18(9-11-19)24(25,26)27/h2-3,5,7-13,17H,4,6,14-15H2,1H3,(H,28,32). The second kappa shape index (κ2) is 8.98. The van der Waals surface area contributed by atoms with Crippen molar-refractivity contribution in [2.75, 3.05) is 23.3 Å². The SMILES string of the molecule is Cc1ccccc1-c1ccc(N2CCCC(C(=O)Nc3ccc(C(F)(F)F)cc3)C2)nn1. The fourth-order valence-corrected chi connectivity index (χ4v) is 3.88. The van der Waals surface area contributed by atoms with Crippen molar-refractivity contribution < 1.29 is 18.0 Å². The first-order valence-corrected chi connectivity index (χ1v) is 10.4. The molecule has 1 saturated heterocycles. The van der Waals surface area contributed by atoms with Gasteiger partial charge in [-0.15, -0.1) is 10.2 Å². The van der Waals surface area contributed by atoms with E-state index in [4.69, 9.17) is 0 Å². The smallest absolute Gasteiger partial charge is 0.354 e. The van der Waals surface area contributed by atoms with Crippen molar-refractivity contribution in [3.05, 3.63) is 71.8 Å². The Morgan fingerprint density at radius 1 is 1.03 bits per heavy atom. The molecule has 4 rings (SSSR count). The van der Waals surface area contributed by atoms with Crippen molar-refractivity contribution in [1.82, 2.24) is 10.2 Å². The van der Waals surface area contributed by atoms with Crippen molar-refractivity contribution in [3.8, 4) is 11.3 Å². The van der Waals surface area contributed by atoms with E-state index in [1.807, 2.05) is 48.2 Å². The number of aromatic nitrogens is 2. The van der Waals surface area contributed by atoms with Crippen LogP contribution >= 0.6 is 0 Å². The number of nitrogens with one attached hydrogen (secondary N) is 1. The Hall–Kier alpha value is -3.42. The average Bonchev–Trinajstić information content (AvgIpc) is 2.79. The lowest BCUT2D eigenvalue weighted by Gasteiger charge is -2.32. The normalized spacial score (nSPS) is 16.6. The zero-order valence-electron chi connectivity index (χ0n) is 17.6. The molecule has 1 fully saturated rings. The number of aryl methyl sites for hydroxylation is 1. The number of anilines is 2. The lowest BCUT2D eigenvalue weighted by atomic mass is 9.97. The van der Waals surface area contributed by atoms with Gasteiger partial charge < -0.3 is 10.2 Å². The first-order chi connectivity index (χ1) is 15.3. The first kappa shape index (κ1) is 21.8. The third-order valence-electron chi connectivity index (χ3n) is 5.67. The van der Waals surface area contributed by atoms with E-state index >= 15 is 0 Å². The minimum Gasteiger partial charge on any atom is -0.354 e. The molecular weight excluding hydrogens is 417 g/mol. The van der Waals surface area contributed by atoms with Crippen LogP contribution in [0, 0.1) is 12.8 Å². The monoisotopic (exact) mass is 440 g/mol. The number of alkyl halides is 3. The molecule has 1 amide bonds. The highest BCUT2D eigenvalue weighted by Gasteiger charge is 2.30. The molecule has 2 heterocycles. The molecule has 5 nitrogen and oxygen atoms in total. The zero-order chi connectivity index (χ0) is 22.7. The van der Waals surface area contributed by atoms with E-state index in [1.165, 1.54) is 12.1 Å². The van der Waals surface area contributed by atoms with Gasteiger partial charge in [-0.05, 0) is 61.7 Å². The van der Waals surface area contributed by atoms with Crippen molar-refractivity contribution in [1.29, 1.82) is 0 Å². The molecule has 3 aromatic rings. The van der Waals surface area contributed by atoms with Crippen LogP contribution in [-0.4, -0.2) is 29.2 Å². The summed E-state index contributed by atoms with van der Waals surface area (Å²) in [5, 5.41) is 11.5. The third kappa shape index (κ3) is 4.90. The van der Waals surface area contributed by atoms with E-state index in [0.717, 1.165) is 41.9 Å².